The minimum absolute atomic E-state index is 0.413. The Labute approximate surface area is 156 Å². The molecule has 0 bridgehead atoms. The van der Waals surface area contributed by atoms with Crippen LogP contribution in [0.25, 0.3) is 0 Å². The number of nitrogens with one attached hydrogen (secondary N) is 1. The van der Waals surface area contributed by atoms with Gasteiger partial charge in [0.05, 0.1) is 23.0 Å². The zero-order valence-electron chi connectivity index (χ0n) is 14.8. The van der Waals surface area contributed by atoms with E-state index in [1.807, 2.05) is 43.4 Å². The molecule has 0 atom stereocenters. The quantitative estimate of drug-likeness (QED) is 0.663. The van der Waals surface area contributed by atoms with Crippen LogP contribution in [0.15, 0.2) is 48.5 Å². The molecule has 0 saturated heterocycles. The minimum atomic E-state index is -3.17. The van der Waals surface area contributed by atoms with Crippen LogP contribution in [0.1, 0.15) is 24.0 Å². The summed E-state index contributed by atoms with van der Waals surface area (Å²) in [6, 6.07) is 16.9. The zero-order valence-corrected chi connectivity index (χ0v) is 15.6. The van der Waals surface area contributed by atoms with Crippen LogP contribution in [0.5, 0.6) is 0 Å². The lowest BCUT2D eigenvalue weighted by atomic mass is 10.1. The molecule has 1 aliphatic heterocycles. The Bertz CT molecular complexity index is 792. The molecule has 0 aliphatic carbocycles. The van der Waals surface area contributed by atoms with Crippen molar-refractivity contribution in [2.75, 3.05) is 24.4 Å². The highest BCUT2D eigenvalue weighted by Gasteiger charge is 2.37. The van der Waals surface area contributed by atoms with Crippen LogP contribution in [0.4, 0.5) is 11.4 Å². The number of hydrogen-bond donors (Lipinski definition) is 3. The highest BCUT2D eigenvalue weighted by atomic mass is 32.3. The smallest absolute Gasteiger partial charge is 0.0991 e. The van der Waals surface area contributed by atoms with E-state index < -0.39 is 11.0 Å². The predicted molar refractivity (Wildman–Crippen MR) is 106 cm³/mol. The van der Waals surface area contributed by atoms with Crippen LogP contribution in [0.2, 0.25) is 0 Å². The lowest BCUT2D eigenvalue weighted by Crippen LogP contribution is -2.42. The highest BCUT2D eigenvalue weighted by Crippen LogP contribution is 2.58. The lowest BCUT2D eigenvalue weighted by Gasteiger charge is -2.54. The van der Waals surface area contributed by atoms with Crippen molar-refractivity contribution < 1.29 is 9.11 Å². The van der Waals surface area contributed by atoms with Crippen molar-refractivity contribution >= 4 is 22.3 Å². The van der Waals surface area contributed by atoms with Gasteiger partial charge in [-0.2, -0.15) is 9.57 Å². The maximum Gasteiger partial charge on any atom is 0.0991 e. The number of unbranched alkanes of at least 4 members (excludes halogenated alkanes) is 1. The molecule has 0 aromatic heterocycles. The Kier molecular flexibility index (Phi) is 5.81. The van der Waals surface area contributed by atoms with Crippen LogP contribution in [-0.4, -0.2) is 33.5 Å². The number of benzene rings is 2. The SMILES string of the molecule is CNCCCCN1Cc2cc(C#N)ccc2N(c2ccccc2)S1(O)O. The lowest BCUT2D eigenvalue weighted by molar-refractivity contribution is 0.330. The van der Waals surface area contributed by atoms with E-state index in [4.69, 9.17) is 0 Å². The summed E-state index contributed by atoms with van der Waals surface area (Å²) in [5.41, 5.74) is 2.96. The first-order valence-electron chi connectivity index (χ1n) is 8.64. The molecule has 6 nitrogen and oxygen atoms in total. The first-order valence-corrected chi connectivity index (χ1v) is 10.1. The molecule has 3 N–H and O–H groups in total. The molecule has 0 radical (unpaired) electrons. The summed E-state index contributed by atoms with van der Waals surface area (Å²) in [5.74, 6) is 0. The molecular formula is C19H24N4O2S. The van der Waals surface area contributed by atoms with Crippen molar-refractivity contribution in [3.8, 4) is 6.07 Å². The first kappa shape index (κ1) is 18.7. The Morgan fingerprint density at radius 3 is 2.62 bits per heavy atom. The Morgan fingerprint density at radius 1 is 1.15 bits per heavy atom. The molecule has 2 aromatic rings. The molecule has 7 heteroatoms. The summed E-state index contributed by atoms with van der Waals surface area (Å²) in [6.45, 7) is 1.88. The maximum atomic E-state index is 11.1. The molecule has 1 heterocycles. The van der Waals surface area contributed by atoms with Crippen molar-refractivity contribution in [2.24, 2.45) is 0 Å². The largest absolute Gasteiger partial charge is 0.320 e. The minimum Gasteiger partial charge on any atom is -0.320 e. The summed E-state index contributed by atoms with van der Waals surface area (Å²) >= 11 is 0. The van der Waals surface area contributed by atoms with Crippen molar-refractivity contribution in [3.63, 3.8) is 0 Å². The van der Waals surface area contributed by atoms with E-state index in [-0.39, 0.29) is 0 Å². The van der Waals surface area contributed by atoms with Gasteiger partial charge in [-0.05, 0) is 73.3 Å². The third-order valence-electron chi connectivity index (χ3n) is 4.44. The van der Waals surface area contributed by atoms with Crippen molar-refractivity contribution in [1.29, 1.82) is 5.26 Å². The summed E-state index contributed by atoms with van der Waals surface area (Å²) in [4.78, 5) is 0. The number of nitrogens with zero attached hydrogens (tertiary/aromatic N) is 3. The maximum absolute atomic E-state index is 11.1. The standard InChI is InChI=1S/C19H24N4O2S/c1-21-11-5-6-12-22-15-17-13-16(14-20)9-10-19(17)23(26(22,24)25)18-7-3-2-4-8-18/h2-4,7-10,13,21,24-25H,5-6,11-12,15H2,1H3. The summed E-state index contributed by atoms with van der Waals surface area (Å²) in [5, 5.41) is 12.3. The molecule has 0 unspecified atom stereocenters. The van der Waals surface area contributed by atoms with Crippen LogP contribution in [-0.2, 0) is 6.54 Å². The average Bonchev–Trinajstić information content (AvgIpc) is 2.65. The van der Waals surface area contributed by atoms with Gasteiger partial charge in [0.25, 0.3) is 0 Å². The molecule has 26 heavy (non-hydrogen) atoms. The van der Waals surface area contributed by atoms with Crippen LogP contribution in [0.3, 0.4) is 0 Å². The van der Waals surface area contributed by atoms with E-state index in [2.05, 4.69) is 11.4 Å². The van der Waals surface area contributed by atoms with E-state index >= 15 is 0 Å². The van der Waals surface area contributed by atoms with Gasteiger partial charge in [-0.3, -0.25) is 9.11 Å². The Morgan fingerprint density at radius 2 is 1.92 bits per heavy atom. The summed E-state index contributed by atoms with van der Waals surface area (Å²) < 4.78 is 25.5. The molecule has 0 spiro atoms. The molecular weight excluding hydrogens is 348 g/mol. The second-order valence-corrected chi connectivity index (χ2v) is 8.11. The number of fused-ring (bicyclic) bond motifs is 1. The molecule has 3 rings (SSSR count). The van der Waals surface area contributed by atoms with E-state index in [0.717, 1.165) is 36.3 Å². The number of nitriles is 1. The van der Waals surface area contributed by atoms with Gasteiger partial charge in [-0.1, -0.05) is 18.2 Å². The molecule has 2 aromatic carbocycles. The molecule has 138 valence electrons. The summed E-state index contributed by atoms with van der Waals surface area (Å²) in [6.07, 6.45) is 1.81. The van der Waals surface area contributed by atoms with Gasteiger partial charge in [0, 0.05) is 13.1 Å². The molecule has 0 amide bonds. The van der Waals surface area contributed by atoms with Crippen LogP contribution < -0.4 is 9.62 Å². The van der Waals surface area contributed by atoms with Gasteiger partial charge in [0.1, 0.15) is 0 Å². The van der Waals surface area contributed by atoms with E-state index in [1.165, 1.54) is 0 Å². The van der Waals surface area contributed by atoms with E-state index in [1.54, 1.807) is 20.7 Å². The fourth-order valence-corrected chi connectivity index (χ4v) is 4.90. The average molecular weight is 372 g/mol. The third-order valence-corrected chi connectivity index (χ3v) is 6.34. The number of rotatable bonds is 6. The normalized spacial score (nSPS) is 17.4. The zero-order chi connectivity index (χ0) is 18.6. The van der Waals surface area contributed by atoms with Crippen molar-refractivity contribution in [3.05, 3.63) is 59.7 Å². The second kappa shape index (κ2) is 8.08. The van der Waals surface area contributed by atoms with E-state index in [9.17, 15) is 14.4 Å². The van der Waals surface area contributed by atoms with Gasteiger partial charge >= 0.3 is 0 Å². The van der Waals surface area contributed by atoms with Crippen LogP contribution >= 0.6 is 11.0 Å². The molecule has 0 fully saturated rings. The second-order valence-electron chi connectivity index (χ2n) is 6.25. The van der Waals surface area contributed by atoms with Gasteiger partial charge in [-0.25, -0.2) is 4.31 Å². The van der Waals surface area contributed by atoms with Crippen molar-refractivity contribution in [2.45, 2.75) is 19.4 Å². The number of hydrogen-bond acceptors (Lipinski definition) is 6. The number of anilines is 2. The third kappa shape index (κ3) is 3.70. The van der Waals surface area contributed by atoms with Gasteiger partial charge in [0.15, 0.2) is 0 Å². The van der Waals surface area contributed by atoms with Crippen molar-refractivity contribution in [1.82, 2.24) is 9.62 Å². The topological polar surface area (TPSA) is 82.8 Å². The summed E-state index contributed by atoms with van der Waals surface area (Å²) in [7, 11) is -1.27. The number of para-hydroxylation sites is 1. The molecule has 0 saturated carbocycles. The monoisotopic (exact) mass is 372 g/mol. The van der Waals surface area contributed by atoms with Gasteiger partial charge in [0.2, 0.25) is 0 Å². The first-order chi connectivity index (χ1) is 12.6. The Hall–Kier alpha value is -2.08. The fourth-order valence-electron chi connectivity index (χ4n) is 3.14. The van der Waals surface area contributed by atoms with Gasteiger partial charge in [-0.15, -0.1) is 0 Å². The van der Waals surface area contributed by atoms with Crippen LogP contribution in [0, 0.1) is 11.3 Å². The fraction of sp³-hybridized carbons (Fsp3) is 0.316. The Balaban J connectivity index is 1.99. The van der Waals surface area contributed by atoms with E-state index in [0.29, 0.717) is 18.7 Å². The van der Waals surface area contributed by atoms with Gasteiger partial charge < -0.3 is 5.32 Å². The molecule has 1 aliphatic rings. The highest BCUT2D eigenvalue weighted by molar-refractivity contribution is 8.23. The predicted octanol–water partition coefficient (Wildman–Crippen LogP) is 4.09.